The Morgan fingerprint density at radius 1 is 1.09 bits per heavy atom. The lowest BCUT2D eigenvalue weighted by Gasteiger charge is -2.17. The van der Waals surface area contributed by atoms with Gasteiger partial charge in [0, 0.05) is 32.5 Å². The van der Waals surface area contributed by atoms with E-state index >= 15 is 0 Å². The maximum absolute atomic E-state index is 12.0. The summed E-state index contributed by atoms with van der Waals surface area (Å²) in [6.07, 6.45) is 3.27. The molecule has 3 aromatic rings. The third kappa shape index (κ3) is 2.86. The average molecular weight is 293 g/mol. The third-order valence-electron chi connectivity index (χ3n) is 3.53. The Kier molecular flexibility index (Phi) is 3.45. The van der Waals surface area contributed by atoms with E-state index in [1.807, 2.05) is 39.0 Å². The molecule has 3 rings (SSSR count). The lowest BCUT2D eigenvalue weighted by Crippen LogP contribution is -2.29. The Hall–Kier alpha value is -2.62. The number of nitrogens with one attached hydrogen (secondary N) is 1. The maximum Gasteiger partial charge on any atom is 0.202 e. The van der Waals surface area contributed by atoms with Gasteiger partial charge in [0.15, 0.2) is 5.54 Å². The van der Waals surface area contributed by atoms with Gasteiger partial charge in [0.05, 0.1) is 0 Å². The van der Waals surface area contributed by atoms with Gasteiger partial charge in [-0.15, -0.1) is 0 Å². The summed E-state index contributed by atoms with van der Waals surface area (Å²) in [6.45, 7) is 5.61. The van der Waals surface area contributed by atoms with Crippen molar-refractivity contribution in [3.05, 3.63) is 59.6 Å². The van der Waals surface area contributed by atoms with E-state index in [0.29, 0.717) is 5.69 Å². The van der Waals surface area contributed by atoms with E-state index in [1.54, 1.807) is 6.20 Å². The van der Waals surface area contributed by atoms with Crippen LogP contribution in [0.3, 0.4) is 0 Å². The first-order valence-corrected chi connectivity index (χ1v) is 7.29. The number of benzene rings is 2. The fraction of sp³-hybridized carbons (Fsp3) is 0.222. The van der Waals surface area contributed by atoms with Gasteiger partial charge in [0.2, 0.25) is 6.21 Å². The molecule has 0 atom stereocenters. The summed E-state index contributed by atoms with van der Waals surface area (Å²) < 4.78 is 0.924. The second kappa shape index (κ2) is 5.30. The molecule has 22 heavy (non-hydrogen) atoms. The van der Waals surface area contributed by atoms with Crippen LogP contribution in [0.4, 0.5) is 0 Å². The summed E-state index contributed by atoms with van der Waals surface area (Å²) in [7, 11) is 0. The molecule has 0 spiro atoms. The van der Waals surface area contributed by atoms with Crippen molar-refractivity contribution in [2.75, 3.05) is 0 Å². The molecule has 0 fully saturated rings. The highest BCUT2D eigenvalue weighted by Crippen LogP contribution is 2.22. The van der Waals surface area contributed by atoms with Gasteiger partial charge < -0.3 is 10.2 Å². The van der Waals surface area contributed by atoms with Crippen molar-refractivity contribution in [3.63, 3.8) is 0 Å². The number of aromatic nitrogens is 2. The minimum Gasteiger partial charge on any atom is -0.623 e. The molecule has 0 saturated carbocycles. The zero-order valence-corrected chi connectivity index (χ0v) is 13.0. The van der Waals surface area contributed by atoms with Crippen LogP contribution in [0.25, 0.3) is 22.2 Å². The lowest BCUT2D eigenvalue weighted by molar-refractivity contribution is -0.530. The average Bonchev–Trinajstić information content (AvgIpc) is 2.94. The van der Waals surface area contributed by atoms with Crippen molar-refractivity contribution in [1.82, 2.24) is 9.97 Å². The van der Waals surface area contributed by atoms with Crippen molar-refractivity contribution >= 4 is 17.0 Å². The molecule has 1 aromatic heterocycles. The van der Waals surface area contributed by atoms with Crippen LogP contribution in [-0.2, 0) is 0 Å². The van der Waals surface area contributed by atoms with Crippen LogP contribution in [0.2, 0.25) is 0 Å². The Morgan fingerprint density at radius 3 is 2.55 bits per heavy atom. The number of rotatable bonds is 2. The van der Waals surface area contributed by atoms with Gasteiger partial charge in [0.1, 0.15) is 11.5 Å². The van der Waals surface area contributed by atoms with E-state index in [2.05, 4.69) is 34.2 Å². The fourth-order valence-electron chi connectivity index (χ4n) is 2.20. The number of hydrogen-bond acceptors (Lipinski definition) is 2. The van der Waals surface area contributed by atoms with Gasteiger partial charge in [-0.3, -0.25) is 0 Å². The molecule has 0 unspecified atom stereocenters. The van der Waals surface area contributed by atoms with Crippen molar-refractivity contribution in [2.45, 2.75) is 26.3 Å². The molecule has 1 N–H and O–H groups in total. The quantitative estimate of drug-likeness (QED) is 0.336. The number of nitrogens with zero attached hydrogens (tertiary/aromatic N) is 2. The molecular weight excluding hydrogens is 274 g/mol. The van der Waals surface area contributed by atoms with Crippen LogP contribution in [0.1, 0.15) is 26.5 Å². The number of aromatic amines is 1. The third-order valence-corrected chi connectivity index (χ3v) is 3.53. The van der Waals surface area contributed by atoms with Crippen molar-refractivity contribution in [3.8, 4) is 11.4 Å². The fourth-order valence-corrected chi connectivity index (χ4v) is 2.20. The van der Waals surface area contributed by atoms with E-state index in [1.165, 1.54) is 17.0 Å². The van der Waals surface area contributed by atoms with E-state index in [-0.39, 0.29) is 0 Å². The molecule has 0 amide bonds. The number of imidazole rings is 1. The van der Waals surface area contributed by atoms with E-state index in [9.17, 15) is 5.21 Å². The van der Waals surface area contributed by atoms with E-state index < -0.39 is 5.54 Å². The van der Waals surface area contributed by atoms with Crippen molar-refractivity contribution < 1.29 is 4.74 Å². The summed E-state index contributed by atoms with van der Waals surface area (Å²) in [4.78, 5) is 7.62. The molecule has 0 aliphatic rings. The van der Waals surface area contributed by atoms with Crippen molar-refractivity contribution in [2.24, 2.45) is 0 Å². The molecule has 0 bridgehead atoms. The highest BCUT2D eigenvalue weighted by molar-refractivity contribution is 5.86. The summed E-state index contributed by atoms with van der Waals surface area (Å²) in [6, 6.07) is 14.4. The minimum atomic E-state index is -0.470. The number of hydrogen-bond donors (Lipinski definition) is 1. The molecule has 2 aromatic carbocycles. The van der Waals surface area contributed by atoms with Crippen LogP contribution in [-0.4, -0.2) is 26.5 Å². The second-order valence-corrected chi connectivity index (χ2v) is 6.36. The molecule has 112 valence electrons. The van der Waals surface area contributed by atoms with Gasteiger partial charge in [-0.1, -0.05) is 36.4 Å². The predicted molar refractivity (Wildman–Crippen MR) is 90.1 cm³/mol. The molecule has 4 heteroatoms. The van der Waals surface area contributed by atoms with Crippen molar-refractivity contribution in [1.29, 1.82) is 0 Å². The number of fused-ring (bicyclic) bond motifs is 1. The van der Waals surface area contributed by atoms with Crippen LogP contribution >= 0.6 is 0 Å². The Morgan fingerprint density at radius 2 is 1.82 bits per heavy atom. The second-order valence-electron chi connectivity index (χ2n) is 6.36. The molecular formula is C18H19N3O. The Bertz CT molecular complexity index is 841. The maximum atomic E-state index is 12.0. The van der Waals surface area contributed by atoms with Crippen LogP contribution in [0, 0.1) is 5.21 Å². The highest BCUT2D eigenvalue weighted by atomic mass is 16.5. The number of hydroxylamine groups is 1. The Balaban J connectivity index is 1.95. The van der Waals surface area contributed by atoms with Gasteiger partial charge in [-0.2, -0.15) is 0 Å². The normalized spacial score (nSPS) is 12.8. The Labute approximate surface area is 129 Å². The zero-order valence-electron chi connectivity index (χ0n) is 13.0. The summed E-state index contributed by atoms with van der Waals surface area (Å²) in [5, 5.41) is 14.3. The predicted octanol–water partition coefficient (Wildman–Crippen LogP) is 3.96. The molecule has 1 heterocycles. The van der Waals surface area contributed by atoms with Gasteiger partial charge in [-0.05, 0) is 16.8 Å². The molecule has 0 radical (unpaired) electrons. The highest BCUT2D eigenvalue weighted by Gasteiger charge is 2.18. The van der Waals surface area contributed by atoms with Crippen LogP contribution in [0.5, 0.6) is 0 Å². The van der Waals surface area contributed by atoms with Gasteiger partial charge in [0.25, 0.3) is 0 Å². The lowest BCUT2D eigenvalue weighted by atomic mass is 10.1. The minimum absolute atomic E-state index is 0.470. The first-order valence-electron chi connectivity index (χ1n) is 7.29. The molecule has 0 aliphatic carbocycles. The monoisotopic (exact) mass is 293 g/mol. The SMILES string of the molecule is CC(C)(C)/[N+]([O-])=C/c1c[nH]c(-c2ccc3ccccc3c2)n1. The summed E-state index contributed by atoms with van der Waals surface area (Å²) in [5.41, 5.74) is 1.17. The van der Waals surface area contributed by atoms with Crippen LogP contribution < -0.4 is 0 Å². The van der Waals surface area contributed by atoms with E-state index in [0.717, 1.165) is 16.1 Å². The largest absolute Gasteiger partial charge is 0.623 e. The van der Waals surface area contributed by atoms with Crippen LogP contribution in [0.15, 0.2) is 48.7 Å². The molecule has 0 saturated heterocycles. The molecule has 4 nitrogen and oxygen atoms in total. The summed E-state index contributed by atoms with van der Waals surface area (Å²) >= 11 is 0. The van der Waals surface area contributed by atoms with Gasteiger partial charge in [-0.25, -0.2) is 9.72 Å². The molecule has 0 aliphatic heterocycles. The van der Waals surface area contributed by atoms with E-state index in [4.69, 9.17) is 0 Å². The first kappa shape index (κ1) is 14.3. The topological polar surface area (TPSA) is 54.8 Å². The zero-order chi connectivity index (χ0) is 15.7. The first-order chi connectivity index (χ1) is 10.4. The number of H-pyrrole nitrogens is 1. The smallest absolute Gasteiger partial charge is 0.202 e. The van der Waals surface area contributed by atoms with Gasteiger partial charge >= 0.3 is 0 Å². The standard InChI is InChI=1S/C18H19N3O/c1-18(2,3)21(22)12-16-11-19-17(20-16)15-9-8-13-6-4-5-7-14(13)10-15/h4-12H,1-3H3,(H,19,20)/b21-12-. The summed E-state index contributed by atoms with van der Waals surface area (Å²) in [5.74, 6) is 0.763.